The number of carbonyl (C=O) groups is 4. The molecule has 6 rings (SSSR count). The highest BCUT2D eigenvalue weighted by Crippen LogP contribution is 2.33. The lowest BCUT2D eigenvalue weighted by atomic mass is 9.76. The molecule has 0 aliphatic carbocycles. The van der Waals surface area contributed by atoms with Gasteiger partial charge in [0.1, 0.15) is 23.0 Å². The fourth-order valence-electron chi connectivity index (χ4n) is 8.69. The van der Waals surface area contributed by atoms with Gasteiger partial charge in [-0.05, 0) is 208 Å². The summed E-state index contributed by atoms with van der Waals surface area (Å²) in [5, 5.41) is 0. The van der Waals surface area contributed by atoms with Crippen LogP contribution in [0.3, 0.4) is 0 Å². The number of benzene rings is 6. The van der Waals surface area contributed by atoms with E-state index in [9.17, 15) is 19.2 Å². The number of nitrogens with two attached hydrogens (primary N) is 2. The van der Waals surface area contributed by atoms with Crippen LogP contribution in [0.2, 0.25) is 0 Å². The number of nitrogen functional groups attached to an aromatic ring is 2. The van der Waals surface area contributed by atoms with E-state index in [4.69, 9.17) is 39.9 Å². The van der Waals surface area contributed by atoms with Gasteiger partial charge in [-0.25, -0.2) is 9.59 Å². The van der Waals surface area contributed by atoms with E-state index in [2.05, 4.69) is 13.8 Å². The van der Waals surface area contributed by atoms with Crippen LogP contribution in [-0.2, 0) is 54.3 Å². The molecule has 0 radical (unpaired) electrons. The van der Waals surface area contributed by atoms with Gasteiger partial charge in [-0.15, -0.1) is 0 Å². The third-order valence-electron chi connectivity index (χ3n) is 13.3. The van der Waals surface area contributed by atoms with Crippen molar-refractivity contribution in [3.63, 3.8) is 0 Å². The highest BCUT2D eigenvalue weighted by molar-refractivity contribution is 6.01. The second-order valence-electron chi connectivity index (χ2n) is 19.9. The van der Waals surface area contributed by atoms with E-state index in [1.807, 2.05) is 121 Å². The van der Waals surface area contributed by atoms with Gasteiger partial charge >= 0.3 is 23.9 Å². The van der Waals surface area contributed by atoms with E-state index >= 15 is 0 Å². The van der Waals surface area contributed by atoms with Crippen LogP contribution in [0.25, 0.3) is 12.2 Å². The summed E-state index contributed by atoms with van der Waals surface area (Å²) in [7, 11) is 0. The van der Waals surface area contributed by atoms with Crippen molar-refractivity contribution >= 4 is 47.4 Å². The maximum atomic E-state index is 14.4. The first-order valence-electron chi connectivity index (χ1n) is 28.0. The van der Waals surface area contributed by atoms with Gasteiger partial charge < -0.3 is 39.9 Å². The highest BCUT2D eigenvalue weighted by atomic mass is 16.6. The van der Waals surface area contributed by atoms with Crippen molar-refractivity contribution in [1.29, 1.82) is 0 Å². The molecule has 6 aromatic rings. The first-order chi connectivity index (χ1) is 38.5. The molecule has 0 fully saturated rings. The van der Waals surface area contributed by atoms with E-state index in [0.717, 1.165) is 111 Å². The van der Waals surface area contributed by atoms with E-state index in [-0.39, 0.29) is 26.1 Å². The minimum atomic E-state index is -1.67. The zero-order chi connectivity index (χ0) is 55.9. The molecule has 4 N–H and O–H groups in total. The van der Waals surface area contributed by atoms with Crippen LogP contribution >= 0.6 is 0 Å². The minimum absolute atomic E-state index is 0.0556. The first-order valence-corrected chi connectivity index (χ1v) is 28.0. The summed E-state index contributed by atoms with van der Waals surface area (Å²) in [6.07, 6.45) is 19.0. The lowest BCUT2D eigenvalue weighted by Gasteiger charge is -2.30. The average molecular weight is 1070 g/mol. The third-order valence-corrected chi connectivity index (χ3v) is 13.3. The number of carbonyl (C=O) groups excluding carboxylic acids is 4. The quantitative estimate of drug-likeness (QED) is 0.00978. The molecule has 0 aromatic heterocycles. The number of esters is 4. The van der Waals surface area contributed by atoms with Crippen LogP contribution in [-0.4, -0.2) is 50.3 Å². The van der Waals surface area contributed by atoms with Crippen molar-refractivity contribution in [3.8, 4) is 23.0 Å². The van der Waals surface area contributed by atoms with Crippen LogP contribution in [0, 0.1) is 5.41 Å². The molecule has 12 nitrogen and oxygen atoms in total. The van der Waals surface area contributed by atoms with Gasteiger partial charge in [-0.3, -0.25) is 9.59 Å². The number of rotatable bonds is 34. The normalized spacial score (nSPS) is 11.4. The molecule has 0 saturated carbocycles. The monoisotopic (exact) mass is 1070 g/mol. The fourth-order valence-corrected chi connectivity index (χ4v) is 8.69. The summed E-state index contributed by atoms with van der Waals surface area (Å²) in [6, 6.07) is 44.5. The Kier molecular flexibility index (Phi) is 25.3. The van der Waals surface area contributed by atoms with Crippen molar-refractivity contribution in [1.82, 2.24) is 0 Å². The molecule has 12 heteroatoms. The van der Waals surface area contributed by atoms with Crippen LogP contribution in [0.15, 0.2) is 158 Å². The summed E-state index contributed by atoms with van der Waals surface area (Å²) in [6.45, 7) is 5.62. The topological polar surface area (TPSA) is 176 Å². The Bertz CT molecular complexity index is 2630. The highest BCUT2D eigenvalue weighted by Gasteiger charge is 2.49. The fraction of sp³-hybridized carbons (Fsp3) is 0.343. The van der Waals surface area contributed by atoms with E-state index in [0.29, 0.717) is 48.9 Å². The summed E-state index contributed by atoms with van der Waals surface area (Å²) in [5.41, 5.74) is 17.1. The van der Waals surface area contributed by atoms with Gasteiger partial charge in [0.15, 0.2) is 5.41 Å². The van der Waals surface area contributed by atoms with Crippen LogP contribution in [0.4, 0.5) is 11.4 Å². The van der Waals surface area contributed by atoms with Crippen LogP contribution in [0.5, 0.6) is 23.0 Å². The summed E-state index contributed by atoms with van der Waals surface area (Å²) < 4.78 is 34.8. The van der Waals surface area contributed by atoms with Crippen molar-refractivity contribution < 1.29 is 47.6 Å². The Balaban J connectivity index is 0.914. The molecule has 0 heterocycles. The Labute approximate surface area is 467 Å². The Morgan fingerprint density at radius 3 is 1.08 bits per heavy atom. The number of hydrogen-bond acceptors (Lipinski definition) is 12. The molecule has 0 spiro atoms. The zero-order valence-electron chi connectivity index (χ0n) is 46.0. The molecule has 0 aliphatic heterocycles. The number of aryl methyl sites for hydroxylation is 2. The van der Waals surface area contributed by atoms with Gasteiger partial charge in [0, 0.05) is 23.5 Å². The van der Waals surface area contributed by atoms with Crippen molar-refractivity contribution in [2.75, 3.05) is 37.9 Å². The lowest BCUT2D eigenvalue weighted by Crippen LogP contribution is -2.46. The standard InChI is InChI=1S/C67H78N2O10/c1-3-5-15-51-25-39-61(40-26-51)78-63(70)43-29-53-21-35-59(36-22-53)74-45-11-7-9-13-47-76-65(72)67(49-55-17-31-57(68)32-18-55,50-56-19-33-58(69)34-20-56)66(73)77-48-14-10-8-12-46-75-60-37-23-54(24-38-60)30-44-64(71)79-62-41-27-52(28-42-62)16-6-4-2/h17-44H,3-16,45-50,68-69H2,1-2H3. The Morgan fingerprint density at radius 1 is 0.392 bits per heavy atom. The molecule has 6 aromatic carbocycles. The minimum Gasteiger partial charge on any atom is -0.494 e. The number of ether oxygens (including phenoxy) is 6. The third kappa shape index (κ3) is 21.7. The first kappa shape index (κ1) is 60.1. The smallest absolute Gasteiger partial charge is 0.336 e. The molecule has 0 bridgehead atoms. The predicted octanol–water partition coefficient (Wildman–Crippen LogP) is 13.9. The largest absolute Gasteiger partial charge is 0.494 e. The Morgan fingerprint density at radius 2 is 0.722 bits per heavy atom. The zero-order valence-corrected chi connectivity index (χ0v) is 46.0. The van der Waals surface area contributed by atoms with E-state index in [1.54, 1.807) is 36.4 Å². The molecule has 79 heavy (non-hydrogen) atoms. The second-order valence-corrected chi connectivity index (χ2v) is 19.9. The van der Waals surface area contributed by atoms with E-state index in [1.165, 1.54) is 23.3 Å². The molecule has 416 valence electrons. The molecular weight excluding hydrogens is 993 g/mol. The van der Waals surface area contributed by atoms with Crippen LogP contribution in [0.1, 0.15) is 124 Å². The molecule has 0 atom stereocenters. The molecule has 0 saturated heterocycles. The van der Waals surface area contributed by atoms with Gasteiger partial charge in [0.05, 0.1) is 26.4 Å². The van der Waals surface area contributed by atoms with Crippen LogP contribution < -0.4 is 30.4 Å². The molecule has 0 amide bonds. The molecule has 0 unspecified atom stereocenters. The SMILES string of the molecule is CCCCc1ccc(OC(=O)C=Cc2ccc(OCCCCCCOC(=O)C(Cc3ccc(N)cc3)(Cc3ccc(N)cc3)C(=O)OCCCCCCOc3ccc(C=CC(=O)Oc4ccc(CCCC)cc4)cc3)cc2)cc1. The van der Waals surface area contributed by atoms with E-state index < -0.39 is 29.3 Å². The summed E-state index contributed by atoms with van der Waals surface area (Å²) >= 11 is 0. The van der Waals surface area contributed by atoms with Crippen molar-refractivity contribution in [2.24, 2.45) is 5.41 Å². The van der Waals surface area contributed by atoms with Crippen molar-refractivity contribution in [3.05, 3.63) is 191 Å². The number of anilines is 2. The number of hydrogen-bond donors (Lipinski definition) is 2. The van der Waals surface area contributed by atoms with Gasteiger partial charge in [-0.2, -0.15) is 0 Å². The second kappa shape index (κ2) is 33.2. The summed E-state index contributed by atoms with van der Waals surface area (Å²) in [4.78, 5) is 53.6. The Hall–Kier alpha value is -8.12. The average Bonchev–Trinajstić information content (AvgIpc) is 3.53. The van der Waals surface area contributed by atoms with Gasteiger partial charge in [0.25, 0.3) is 0 Å². The van der Waals surface area contributed by atoms with Crippen molar-refractivity contribution in [2.45, 2.75) is 117 Å². The lowest BCUT2D eigenvalue weighted by molar-refractivity contribution is -0.173. The maximum absolute atomic E-state index is 14.4. The summed E-state index contributed by atoms with van der Waals surface area (Å²) in [5.74, 6) is 0.308. The molecule has 0 aliphatic rings. The predicted molar refractivity (Wildman–Crippen MR) is 314 cm³/mol. The molecular formula is C67H78N2O10. The van der Waals surface area contributed by atoms with Gasteiger partial charge in [-0.1, -0.05) is 99.5 Å². The van der Waals surface area contributed by atoms with Gasteiger partial charge in [0.2, 0.25) is 0 Å². The maximum Gasteiger partial charge on any atom is 0.336 e. The number of unbranched alkanes of at least 4 members (excludes halogenated alkanes) is 8.